The fourth-order valence-electron chi connectivity index (χ4n) is 1.63. The van der Waals surface area contributed by atoms with Gasteiger partial charge in [0.05, 0.1) is 11.4 Å². The van der Waals surface area contributed by atoms with Gasteiger partial charge in [0.15, 0.2) is 0 Å². The van der Waals surface area contributed by atoms with Gasteiger partial charge in [-0.3, -0.25) is 9.59 Å². The van der Waals surface area contributed by atoms with E-state index in [1.54, 1.807) is 0 Å². The van der Waals surface area contributed by atoms with Crippen LogP contribution < -0.4 is 10.6 Å². The van der Waals surface area contributed by atoms with E-state index in [2.05, 4.69) is 10.6 Å². The van der Waals surface area contributed by atoms with Crippen LogP contribution in [0.3, 0.4) is 0 Å². The lowest BCUT2D eigenvalue weighted by molar-refractivity contribution is -0.132. The van der Waals surface area contributed by atoms with Crippen molar-refractivity contribution in [1.29, 1.82) is 0 Å². The summed E-state index contributed by atoms with van der Waals surface area (Å²) in [6, 6.07) is 3.80. The van der Waals surface area contributed by atoms with Crippen molar-refractivity contribution in [2.75, 3.05) is 10.6 Å². The van der Waals surface area contributed by atoms with Crippen molar-refractivity contribution in [1.82, 2.24) is 0 Å². The average Bonchev–Trinajstić information content (AvgIpc) is 2.50. The highest BCUT2D eigenvalue weighted by molar-refractivity contribution is 6.11. The molecule has 0 aliphatic rings. The van der Waals surface area contributed by atoms with Gasteiger partial charge in [-0.25, -0.2) is 14.4 Å². The summed E-state index contributed by atoms with van der Waals surface area (Å²) in [5, 5.41) is 30.5. The van der Waals surface area contributed by atoms with E-state index in [0.717, 1.165) is 0 Å². The molecule has 0 saturated carbocycles. The minimum atomic E-state index is -1.48. The molecule has 10 heteroatoms. The van der Waals surface area contributed by atoms with Crippen LogP contribution in [0.25, 0.3) is 0 Å². The molecule has 130 valence electrons. The summed E-state index contributed by atoms with van der Waals surface area (Å²) in [5.41, 5.74) is -0.836. The number of carboxylic acid groups (broad SMARTS) is 3. The Kier molecular flexibility index (Phi) is 6.59. The van der Waals surface area contributed by atoms with E-state index in [4.69, 9.17) is 10.2 Å². The molecule has 0 radical (unpaired) electrons. The smallest absolute Gasteiger partial charge is 0.339 e. The third kappa shape index (κ3) is 6.36. The van der Waals surface area contributed by atoms with Gasteiger partial charge in [-0.1, -0.05) is 6.07 Å². The number of aliphatic carboxylic acids is 2. The number of anilines is 2. The lowest BCUT2D eigenvalue weighted by Crippen LogP contribution is -2.16. The number of hydrogen-bond acceptors (Lipinski definition) is 5. The molecule has 0 heterocycles. The molecule has 0 spiro atoms. The van der Waals surface area contributed by atoms with Crippen molar-refractivity contribution in [3.8, 4) is 0 Å². The largest absolute Gasteiger partial charge is 0.478 e. The molecule has 1 aromatic carbocycles. The van der Waals surface area contributed by atoms with Crippen LogP contribution in [0, 0.1) is 0 Å². The Morgan fingerprint density at radius 3 is 1.44 bits per heavy atom. The second kappa shape index (κ2) is 8.62. The number of carboxylic acids is 3. The highest BCUT2D eigenvalue weighted by Crippen LogP contribution is 2.24. The molecule has 0 bridgehead atoms. The van der Waals surface area contributed by atoms with Crippen molar-refractivity contribution in [3.63, 3.8) is 0 Å². The SMILES string of the molecule is O=C(O)/C=C\C(=O)Nc1cccc(NC(=O)/C=C/C(=O)O)c1C(=O)O. The van der Waals surface area contributed by atoms with Crippen molar-refractivity contribution >= 4 is 41.1 Å². The van der Waals surface area contributed by atoms with Crippen molar-refractivity contribution in [2.45, 2.75) is 0 Å². The van der Waals surface area contributed by atoms with Gasteiger partial charge in [-0.05, 0) is 12.1 Å². The molecule has 0 aliphatic carbocycles. The van der Waals surface area contributed by atoms with Crippen molar-refractivity contribution < 1.29 is 39.3 Å². The molecular formula is C15H12N2O8. The van der Waals surface area contributed by atoms with Gasteiger partial charge in [0.25, 0.3) is 0 Å². The maximum atomic E-state index is 11.6. The molecule has 2 amide bonds. The molecule has 25 heavy (non-hydrogen) atoms. The van der Waals surface area contributed by atoms with E-state index in [0.29, 0.717) is 24.3 Å². The standard InChI is InChI=1S/C15H12N2O8/c18-10(4-6-12(20)21)16-8-2-1-3-9(14(8)15(24)25)17-11(19)5-7-13(22)23/h1-7H,(H,16,18)(H,17,19)(H,20,21)(H,22,23)(H,24,25)/b6-4-,7-5+. The first kappa shape index (κ1) is 19.1. The summed E-state index contributed by atoms with van der Waals surface area (Å²) < 4.78 is 0. The molecule has 0 fully saturated rings. The highest BCUT2D eigenvalue weighted by atomic mass is 16.4. The quantitative estimate of drug-likeness (QED) is 0.444. The van der Waals surface area contributed by atoms with E-state index in [-0.39, 0.29) is 11.4 Å². The van der Waals surface area contributed by atoms with E-state index in [1.807, 2.05) is 0 Å². The molecule has 0 aromatic heterocycles. The number of nitrogens with one attached hydrogen (secondary N) is 2. The monoisotopic (exact) mass is 348 g/mol. The summed E-state index contributed by atoms with van der Waals surface area (Å²) in [7, 11) is 0. The highest BCUT2D eigenvalue weighted by Gasteiger charge is 2.17. The summed E-state index contributed by atoms with van der Waals surface area (Å²) in [4.78, 5) is 55.3. The molecule has 0 saturated heterocycles. The van der Waals surface area contributed by atoms with Gasteiger partial charge in [0.1, 0.15) is 5.56 Å². The fraction of sp³-hybridized carbons (Fsp3) is 0. The van der Waals surface area contributed by atoms with Crippen LogP contribution in [0.15, 0.2) is 42.5 Å². The second-order valence-corrected chi connectivity index (χ2v) is 4.35. The van der Waals surface area contributed by atoms with Crippen LogP contribution in [0.1, 0.15) is 10.4 Å². The maximum Gasteiger partial charge on any atom is 0.339 e. The van der Waals surface area contributed by atoms with Gasteiger partial charge in [-0.2, -0.15) is 0 Å². The maximum absolute atomic E-state index is 11.6. The summed E-state index contributed by atoms with van der Waals surface area (Å²) >= 11 is 0. The number of amides is 2. The zero-order valence-corrected chi connectivity index (χ0v) is 12.4. The number of hydrogen-bond donors (Lipinski definition) is 5. The lowest BCUT2D eigenvalue weighted by atomic mass is 10.1. The van der Waals surface area contributed by atoms with E-state index in [1.165, 1.54) is 18.2 Å². The van der Waals surface area contributed by atoms with Crippen LogP contribution in [0.2, 0.25) is 0 Å². The van der Waals surface area contributed by atoms with Gasteiger partial charge in [0.2, 0.25) is 11.8 Å². The van der Waals surface area contributed by atoms with Crippen LogP contribution >= 0.6 is 0 Å². The van der Waals surface area contributed by atoms with Crippen LogP contribution in [0.5, 0.6) is 0 Å². The third-order valence-corrected chi connectivity index (χ3v) is 2.55. The normalized spacial score (nSPS) is 10.6. The van der Waals surface area contributed by atoms with Crippen LogP contribution in [-0.2, 0) is 19.2 Å². The Labute approximate surface area is 140 Å². The van der Waals surface area contributed by atoms with Crippen molar-refractivity contribution in [3.05, 3.63) is 48.1 Å². The van der Waals surface area contributed by atoms with E-state index in [9.17, 15) is 29.1 Å². The first-order valence-corrected chi connectivity index (χ1v) is 6.51. The minimum Gasteiger partial charge on any atom is -0.478 e. The zero-order chi connectivity index (χ0) is 19.0. The van der Waals surface area contributed by atoms with Crippen molar-refractivity contribution in [2.24, 2.45) is 0 Å². The van der Waals surface area contributed by atoms with Gasteiger partial charge in [0, 0.05) is 24.3 Å². The van der Waals surface area contributed by atoms with Crippen LogP contribution in [0.4, 0.5) is 11.4 Å². The molecule has 5 N–H and O–H groups in total. The van der Waals surface area contributed by atoms with Gasteiger partial charge in [-0.15, -0.1) is 0 Å². The number of rotatable bonds is 7. The predicted octanol–water partition coefficient (Wildman–Crippen LogP) is 0.543. The van der Waals surface area contributed by atoms with Gasteiger partial charge >= 0.3 is 17.9 Å². The molecule has 0 unspecified atom stereocenters. The zero-order valence-electron chi connectivity index (χ0n) is 12.4. The number of aromatic carboxylic acids is 1. The first-order chi connectivity index (χ1) is 11.7. The molecule has 1 rings (SSSR count). The summed E-state index contributed by atoms with van der Waals surface area (Å²) in [5.74, 6) is -5.98. The van der Waals surface area contributed by atoms with Gasteiger partial charge < -0.3 is 26.0 Å². The Balaban J connectivity index is 3.10. The Hall–Kier alpha value is -3.95. The first-order valence-electron chi connectivity index (χ1n) is 6.51. The molecule has 0 aliphatic heterocycles. The molecule has 10 nitrogen and oxygen atoms in total. The Morgan fingerprint density at radius 1 is 0.720 bits per heavy atom. The third-order valence-electron chi connectivity index (χ3n) is 2.55. The number of carbonyl (C=O) groups excluding carboxylic acids is 2. The van der Waals surface area contributed by atoms with E-state index < -0.39 is 35.3 Å². The average molecular weight is 348 g/mol. The number of benzene rings is 1. The number of carbonyl (C=O) groups is 5. The fourth-order valence-corrected chi connectivity index (χ4v) is 1.63. The summed E-state index contributed by atoms with van der Waals surface area (Å²) in [6.45, 7) is 0. The topological polar surface area (TPSA) is 170 Å². The van der Waals surface area contributed by atoms with Crippen LogP contribution in [-0.4, -0.2) is 45.0 Å². The second-order valence-electron chi connectivity index (χ2n) is 4.35. The minimum absolute atomic E-state index is 0.187. The lowest BCUT2D eigenvalue weighted by Gasteiger charge is -2.12. The van der Waals surface area contributed by atoms with E-state index >= 15 is 0 Å². The molecular weight excluding hydrogens is 336 g/mol. The summed E-state index contributed by atoms with van der Waals surface area (Å²) in [6.07, 6.45) is 2.51. The predicted molar refractivity (Wildman–Crippen MR) is 84.2 cm³/mol. The molecule has 0 atom stereocenters. The molecule has 1 aromatic rings. The Morgan fingerprint density at radius 2 is 1.12 bits per heavy atom. The Bertz CT molecular complexity index is 738.